The van der Waals surface area contributed by atoms with E-state index in [1.165, 1.54) is 11.3 Å². The zero-order valence-corrected chi connectivity index (χ0v) is 16.2. The van der Waals surface area contributed by atoms with Gasteiger partial charge in [-0.15, -0.1) is 0 Å². The number of benzene rings is 1. The van der Waals surface area contributed by atoms with E-state index in [1.54, 1.807) is 16.9 Å². The van der Waals surface area contributed by atoms with E-state index in [9.17, 15) is 4.79 Å². The van der Waals surface area contributed by atoms with Crippen molar-refractivity contribution in [3.05, 3.63) is 71.9 Å². The van der Waals surface area contributed by atoms with E-state index in [2.05, 4.69) is 32.4 Å². The number of nitrogens with zero attached hydrogens (tertiary/aromatic N) is 5. The number of aromatic amines is 1. The number of rotatable bonds is 3. The summed E-state index contributed by atoms with van der Waals surface area (Å²) >= 11 is 0. The molecule has 0 spiro atoms. The minimum Gasteiger partial charge on any atom is -0.338 e. The van der Waals surface area contributed by atoms with E-state index in [-0.39, 0.29) is 5.91 Å². The molecule has 0 saturated carbocycles. The van der Waals surface area contributed by atoms with Crippen LogP contribution in [0.25, 0.3) is 16.8 Å². The number of hydrogen-bond acceptors (Lipinski definition) is 4. The van der Waals surface area contributed by atoms with Crippen molar-refractivity contribution in [1.29, 1.82) is 0 Å². The summed E-state index contributed by atoms with van der Waals surface area (Å²) in [4.78, 5) is 19.4. The molecule has 5 rings (SSSR count). The zero-order chi connectivity index (χ0) is 19.8. The van der Waals surface area contributed by atoms with Crippen molar-refractivity contribution in [1.82, 2.24) is 29.7 Å². The molecule has 0 bridgehead atoms. The molecule has 0 atom stereocenters. The molecule has 0 unspecified atom stereocenters. The molecule has 1 amide bonds. The number of fused-ring (bicyclic) bond motifs is 1. The average molecular weight is 386 g/mol. The molecule has 7 heteroatoms. The fraction of sp³-hybridized carbons (Fsp3) is 0.273. The Morgan fingerprint density at radius 1 is 1.10 bits per heavy atom. The highest BCUT2D eigenvalue weighted by molar-refractivity contribution is 5.95. The molecule has 1 aliphatic rings. The molecule has 0 radical (unpaired) electrons. The predicted octanol–water partition coefficient (Wildman–Crippen LogP) is 3.45. The summed E-state index contributed by atoms with van der Waals surface area (Å²) in [6, 6.07) is 12.1. The summed E-state index contributed by atoms with van der Waals surface area (Å²) in [7, 11) is 0. The van der Waals surface area contributed by atoms with Crippen molar-refractivity contribution in [2.75, 3.05) is 13.1 Å². The van der Waals surface area contributed by atoms with Gasteiger partial charge in [-0.3, -0.25) is 9.89 Å². The highest BCUT2D eigenvalue weighted by Gasteiger charge is 2.28. The lowest BCUT2D eigenvalue weighted by Gasteiger charge is -2.32. The Hall–Kier alpha value is -3.48. The maximum absolute atomic E-state index is 13.1. The third-order valence-electron chi connectivity index (χ3n) is 5.83. The van der Waals surface area contributed by atoms with Gasteiger partial charge in [-0.25, -0.2) is 9.50 Å². The van der Waals surface area contributed by atoms with Crippen molar-refractivity contribution in [3.8, 4) is 11.1 Å². The molecule has 1 N–H and O–H groups in total. The van der Waals surface area contributed by atoms with Crippen molar-refractivity contribution in [2.45, 2.75) is 25.7 Å². The highest BCUT2D eigenvalue weighted by atomic mass is 16.2. The predicted molar refractivity (Wildman–Crippen MR) is 110 cm³/mol. The van der Waals surface area contributed by atoms with Gasteiger partial charge < -0.3 is 4.90 Å². The van der Waals surface area contributed by atoms with E-state index in [4.69, 9.17) is 0 Å². The SMILES string of the molecule is Cc1c(C(=O)N2CCC(c3[nH]ncc3-c3ccccc3)CC2)cnc2ccnn12. The number of aromatic nitrogens is 5. The van der Waals surface area contributed by atoms with Gasteiger partial charge in [0.05, 0.1) is 23.7 Å². The molecule has 1 aromatic carbocycles. The van der Waals surface area contributed by atoms with Crippen molar-refractivity contribution in [2.24, 2.45) is 0 Å². The summed E-state index contributed by atoms with van der Waals surface area (Å²) < 4.78 is 1.72. The maximum atomic E-state index is 13.1. The lowest BCUT2D eigenvalue weighted by molar-refractivity contribution is 0.0710. The Labute approximate surface area is 168 Å². The molecule has 4 heterocycles. The molecular weight excluding hydrogens is 364 g/mol. The lowest BCUT2D eigenvalue weighted by Crippen LogP contribution is -2.38. The van der Waals surface area contributed by atoms with Gasteiger partial charge in [0.2, 0.25) is 0 Å². The summed E-state index contributed by atoms with van der Waals surface area (Å²) in [5.74, 6) is 0.392. The van der Waals surface area contributed by atoms with Crippen LogP contribution in [0.1, 0.15) is 40.5 Å². The van der Waals surface area contributed by atoms with E-state index in [1.807, 2.05) is 42.3 Å². The van der Waals surface area contributed by atoms with E-state index < -0.39 is 0 Å². The summed E-state index contributed by atoms with van der Waals surface area (Å²) in [5.41, 5.74) is 5.69. The summed E-state index contributed by atoms with van der Waals surface area (Å²) in [6.45, 7) is 3.35. The van der Waals surface area contributed by atoms with Crippen LogP contribution in [0.5, 0.6) is 0 Å². The zero-order valence-electron chi connectivity index (χ0n) is 16.2. The second kappa shape index (κ2) is 7.16. The van der Waals surface area contributed by atoms with Gasteiger partial charge in [-0.2, -0.15) is 10.2 Å². The largest absolute Gasteiger partial charge is 0.338 e. The molecule has 1 saturated heterocycles. The van der Waals surface area contributed by atoms with E-state index >= 15 is 0 Å². The second-order valence-electron chi connectivity index (χ2n) is 7.49. The van der Waals surface area contributed by atoms with Crippen LogP contribution >= 0.6 is 0 Å². The third-order valence-corrected chi connectivity index (χ3v) is 5.83. The van der Waals surface area contributed by atoms with E-state index in [0.717, 1.165) is 29.7 Å². The summed E-state index contributed by atoms with van der Waals surface area (Å²) in [6.07, 6.45) is 7.08. The first-order valence-electron chi connectivity index (χ1n) is 9.89. The Morgan fingerprint density at radius 2 is 1.90 bits per heavy atom. The third kappa shape index (κ3) is 3.08. The molecule has 4 aromatic rings. The van der Waals surface area contributed by atoms with Gasteiger partial charge in [0.25, 0.3) is 5.91 Å². The molecule has 1 aliphatic heterocycles. The first-order chi connectivity index (χ1) is 14.2. The van der Waals surface area contributed by atoms with Gasteiger partial charge in [-0.05, 0) is 25.3 Å². The molecular formula is C22H22N6O. The molecule has 7 nitrogen and oxygen atoms in total. The van der Waals surface area contributed by atoms with Gasteiger partial charge in [-0.1, -0.05) is 30.3 Å². The number of carbonyl (C=O) groups excluding carboxylic acids is 1. The first-order valence-corrected chi connectivity index (χ1v) is 9.89. The number of aryl methyl sites for hydroxylation is 1. The van der Waals surface area contributed by atoms with Crippen LogP contribution in [0.2, 0.25) is 0 Å². The quantitative estimate of drug-likeness (QED) is 0.585. The van der Waals surface area contributed by atoms with Crippen molar-refractivity contribution < 1.29 is 4.79 Å². The number of piperidine rings is 1. The maximum Gasteiger partial charge on any atom is 0.257 e. The second-order valence-corrected chi connectivity index (χ2v) is 7.49. The number of carbonyl (C=O) groups is 1. The number of hydrogen-bond donors (Lipinski definition) is 1. The number of nitrogens with one attached hydrogen (secondary N) is 1. The van der Waals surface area contributed by atoms with Crippen LogP contribution in [-0.4, -0.2) is 48.7 Å². The number of H-pyrrole nitrogens is 1. The Kier molecular flexibility index (Phi) is 4.35. The standard InChI is InChI=1S/C22H22N6O/c1-15-18(13-23-20-7-10-25-28(15)20)22(29)27-11-8-17(9-12-27)21-19(14-24-26-21)16-5-3-2-4-6-16/h2-7,10,13-14,17H,8-9,11-12H2,1H3,(H,24,26). The molecule has 3 aromatic heterocycles. The topological polar surface area (TPSA) is 79.2 Å². The molecule has 1 fully saturated rings. The lowest BCUT2D eigenvalue weighted by atomic mass is 9.89. The smallest absolute Gasteiger partial charge is 0.257 e. The average Bonchev–Trinajstić information content (AvgIpc) is 3.44. The fourth-order valence-electron chi connectivity index (χ4n) is 4.20. The fourth-order valence-corrected chi connectivity index (χ4v) is 4.20. The van der Waals surface area contributed by atoms with Gasteiger partial charge in [0, 0.05) is 42.5 Å². The van der Waals surface area contributed by atoms with Gasteiger partial charge in [0.1, 0.15) is 0 Å². The van der Waals surface area contributed by atoms with Crippen molar-refractivity contribution >= 4 is 11.6 Å². The molecule has 146 valence electrons. The van der Waals surface area contributed by atoms with Crippen LogP contribution < -0.4 is 0 Å². The van der Waals surface area contributed by atoms with E-state index in [0.29, 0.717) is 24.6 Å². The normalized spacial score (nSPS) is 15.1. The van der Waals surface area contributed by atoms with Crippen LogP contribution in [0.3, 0.4) is 0 Å². The van der Waals surface area contributed by atoms with Gasteiger partial charge >= 0.3 is 0 Å². The van der Waals surface area contributed by atoms with Crippen LogP contribution in [0.15, 0.2) is 55.0 Å². The van der Waals surface area contributed by atoms with Crippen LogP contribution in [0.4, 0.5) is 0 Å². The Morgan fingerprint density at radius 3 is 2.69 bits per heavy atom. The monoisotopic (exact) mass is 386 g/mol. The Balaban J connectivity index is 1.33. The highest BCUT2D eigenvalue weighted by Crippen LogP contribution is 2.34. The molecule has 29 heavy (non-hydrogen) atoms. The van der Waals surface area contributed by atoms with Crippen LogP contribution in [-0.2, 0) is 0 Å². The molecule has 0 aliphatic carbocycles. The first kappa shape index (κ1) is 17.6. The van der Waals surface area contributed by atoms with Gasteiger partial charge in [0.15, 0.2) is 5.65 Å². The Bertz CT molecular complexity index is 1150. The minimum atomic E-state index is 0.0266. The number of amides is 1. The number of likely N-dealkylation sites (tertiary alicyclic amines) is 1. The summed E-state index contributed by atoms with van der Waals surface area (Å²) in [5, 5.41) is 11.8. The van der Waals surface area contributed by atoms with Crippen molar-refractivity contribution in [3.63, 3.8) is 0 Å². The minimum absolute atomic E-state index is 0.0266. The van der Waals surface area contributed by atoms with Crippen LogP contribution in [0, 0.1) is 6.92 Å².